The van der Waals surface area contributed by atoms with Crippen LogP contribution >= 0.6 is 11.6 Å². The van der Waals surface area contributed by atoms with Gasteiger partial charge in [0.2, 0.25) is 11.8 Å². The SMILES string of the molecule is O=C1N[C@]2(CCCc3ccccc32)C(=O)N1Cc1nnc(-c2ccc(Cl)cc2)o1. The van der Waals surface area contributed by atoms with Crippen LogP contribution in [0.3, 0.4) is 0 Å². The molecule has 1 aliphatic carbocycles. The standard InChI is InChI=1S/C21H17ClN4O3/c22-15-9-7-14(8-10-15)18-25-24-17(29-18)12-26-19(27)21(23-20(26)28)11-3-5-13-4-1-2-6-16(13)21/h1-2,4,6-10H,3,5,11-12H2,(H,23,28)/t21-/m0/s1. The molecule has 2 heterocycles. The Labute approximate surface area is 171 Å². The van der Waals surface area contributed by atoms with Crippen molar-refractivity contribution in [3.8, 4) is 11.5 Å². The predicted octanol–water partition coefficient (Wildman–Crippen LogP) is 3.67. The second-order valence-electron chi connectivity index (χ2n) is 7.25. The van der Waals surface area contributed by atoms with E-state index in [1.807, 2.05) is 24.3 Å². The lowest BCUT2D eigenvalue weighted by atomic mass is 9.76. The van der Waals surface area contributed by atoms with Gasteiger partial charge in [0, 0.05) is 10.6 Å². The van der Waals surface area contributed by atoms with Crippen LogP contribution in [0.2, 0.25) is 5.02 Å². The molecule has 0 saturated carbocycles. The van der Waals surface area contributed by atoms with Gasteiger partial charge in [0.25, 0.3) is 5.91 Å². The molecule has 1 N–H and O–H groups in total. The monoisotopic (exact) mass is 408 g/mol. The Morgan fingerprint density at radius 1 is 1.10 bits per heavy atom. The van der Waals surface area contributed by atoms with Crippen LogP contribution in [0.25, 0.3) is 11.5 Å². The van der Waals surface area contributed by atoms with E-state index in [0.717, 1.165) is 28.9 Å². The predicted molar refractivity (Wildman–Crippen MR) is 105 cm³/mol. The Bertz CT molecular complexity index is 1110. The topological polar surface area (TPSA) is 88.3 Å². The van der Waals surface area contributed by atoms with E-state index in [1.54, 1.807) is 24.3 Å². The first-order chi connectivity index (χ1) is 14.1. The van der Waals surface area contributed by atoms with Crippen LogP contribution in [0.1, 0.15) is 29.9 Å². The molecule has 1 aliphatic heterocycles. The molecule has 1 aromatic heterocycles. The molecule has 8 heteroatoms. The number of carbonyl (C=O) groups is 2. The van der Waals surface area contributed by atoms with Crippen LogP contribution in [0, 0.1) is 0 Å². The molecule has 0 bridgehead atoms. The number of hydrogen-bond acceptors (Lipinski definition) is 5. The van der Waals surface area contributed by atoms with E-state index in [9.17, 15) is 9.59 Å². The summed E-state index contributed by atoms with van der Waals surface area (Å²) >= 11 is 5.90. The molecule has 1 fully saturated rings. The van der Waals surface area contributed by atoms with Gasteiger partial charge in [-0.15, -0.1) is 10.2 Å². The summed E-state index contributed by atoms with van der Waals surface area (Å²) in [5, 5.41) is 11.5. The highest BCUT2D eigenvalue weighted by atomic mass is 35.5. The van der Waals surface area contributed by atoms with Gasteiger partial charge in [-0.05, 0) is 54.7 Å². The number of rotatable bonds is 3. The second-order valence-corrected chi connectivity index (χ2v) is 7.68. The summed E-state index contributed by atoms with van der Waals surface area (Å²) in [5.74, 6) is 0.224. The highest BCUT2D eigenvalue weighted by Crippen LogP contribution is 2.40. The maximum atomic E-state index is 13.3. The first kappa shape index (κ1) is 17.9. The van der Waals surface area contributed by atoms with Gasteiger partial charge in [-0.1, -0.05) is 35.9 Å². The number of imide groups is 1. The Kier molecular flexibility index (Phi) is 4.13. The van der Waals surface area contributed by atoms with Gasteiger partial charge >= 0.3 is 6.03 Å². The molecular formula is C21H17ClN4O3. The van der Waals surface area contributed by atoms with Crippen LogP contribution in [0.15, 0.2) is 52.9 Å². The molecule has 0 unspecified atom stereocenters. The van der Waals surface area contributed by atoms with Crippen LogP contribution in [-0.2, 0) is 23.3 Å². The molecule has 7 nitrogen and oxygen atoms in total. The summed E-state index contributed by atoms with van der Waals surface area (Å²) in [5.41, 5.74) is 1.67. The number of amides is 3. The lowest BCUT2D eigenvalue weighted by Crippen LogP contribution is -2.46. The number of aromatic nitrogens is 2. The number of carbonyl (C=O) groups excluding carboxylic acids is 2. The zero-order valence-electron chi connectivity index (χ0n) is 15.4. The molecular weight excluding hydrogens is 392 g/mol. The van der Waals surface area contributed by atoms with Crippen molar-refractivity contribution in [2.24, 2.45) is 0 Å². The molecule has 0 radical (unpaired) electrons. The van der Waals surface area contributed by atoms with Crippen molar-refractivity contribution < 1.29 is 14.0 Å². The van der Waals surface area contributed by atoms with Crippen molar-refractivity contribution in [3.63, 3.8) is 0 Å². The molecule has 29 heavy (non-hydrogen) atoms. The molecule has 5 rings (SSSR count). The molecule has 1 atom stereocenters. The largest absolute Gasteiger partial charge is 0.419 e. The number of aryl methyl sites for hydroxylation is 1. The van der Waals surface area contributed by atoms with Gasteiger partial charge in [-0.3, -0.25) is 9.69 Å². The Morgan fingerprint density at radius 3 is 2.72 bits per heavy atom. The number of benzene rings is 2. The summed E-state index contributed by atoms with van der Waals surface area (Å²) in [7, 11) is 0. The summed E-state index contributed by atoms with van der Waals surface area (Å²) in [4.78, 5) is 27.1. The van der Waals surface area contributed by atoms with E-state index in [4.69, 9.17) is 16.0 Å². The van der Waals surface area contributed by atoms with Gasteiger partial charge in [0.1, 0.15) is 12.1 Å². The number of urea groups is 1. The minimum Gasteiger partial charge on any atom is -0.419 e. The third kappa shape index (κ3) is 2.89. The molecule has 1 saturated heterocycles. The van der Waals surface area contributed by atoms with E-state index in [-0.39, 0.29) is 18.3 Å². The number of fused-ring (bicyclic) bond motifs is 2. The maximum Gasteiger partial charge on any atom is 0.325 e. The lowest BCUT2D eigenvalue weighted by Gasteiger charge is -2.33. The Hall–Kier alpha value is -3.19. The van der Waals surface area contributed by atoms with Crippen molar-refractivity contribution in [1.82, 2.24) is 20.4 Å². The van der Waals surface area contributed by atoms with Crippen LogP contribution < -0.4 is 5.32 Å². The fourth-order valence-electron chi connectivity index (χ4n) is 4.12. The number of hydrogen-bond donors (Lipinski definition) is 1. The molecule has 2 aromatic carbocycles. The Balaban J connectivity index is 1.42. The van der Waals surface area contributed by atoms with E-state index in [0.29, 0.717) is 22.9 Å². The zero-order valence-corrected chi connectivity index (χ0v) is 16.1. The van der Waals surface area contributed by atoms with Crippen molar-refractivity contribution in [1.29, 1.82) is 0 Å². The summed E-state index contributed by atoms with van der Waals surface area (Å²) in [6.45, 7) is -0.0742. The smallest absolute Gasteiger partial charge is 0.325 e. The maximum absolute atomic E-state index is 13.3. The Morgan fingerprint density at radius 2 is 1.90 bits per heavy atom. The van der Waals surface area contributed by atoms with Crippen molar-refractivity contribution in [2.45, 2.75) is 31.3 Å². The molecule has 3 aromatic rings. The third-order valence-corrected chi connectivity index (χ3v) is 5.75. The van der Waals surface area contributed by atoms with E-state index in [2.05, 4.69) is 15.5 Å². The van der Waals surface area contributed by atoms with Gasteiger partial charge < -0.3 is 9.73 Å². The van der Waals surface area contributed by atoms with Crippen LogP contribution in [0.4, 0.5) is 4.79 Å². The summed E-state index contributed by atoms with van der Waals surface area (Å²) in [6, 6.07) is 14.3. The van der Waals surface area contributed by atoms with E-state index < -0.39 is 11.6 Å². The fourth-order valence-corrected chi connectivity index (χ4v) is 4.24. The second kappa shape index (κ2) is 6.70. The lowest BCUT2D eigenvalue weighted by molar-refractivity contribution is -0.132. The molecule has 3 amide bonds. The normalized spacial score (nSPS) is 20.8. The van der Waals surface area contributed by atoms with E-state index >= 15 is 0 Å². The van der Waals surface area contributed by atoms with Crippen molar-refractivity contribution in [3.05, 3.63) is 70.6 Å². The van der Waals surface area contributed by atoms with Crippen molar-refractivity contribution >= 4 is 23.5 Å². The third-order valence-electron chi connectivity index (χ3n) is 5.50. The number of nitrogens with zero attached hydrogens (tertiary/aromatic N) is 3. The average Bonchev–Trinajstić information content (AvgIpc) is 3.29. The molecule has 146 valence electrons. The number of nitrogens with one attached hydrogen (secondary N) is 1. The quantitative estimate of drug-likeness (QED) is 0.668. The van der Waals surface area contributed by atoms with Gasteiger partial charge in [-0.25, -0.2) is 4.79 Å². The zero-order chi connectivity index (χ0) is 20.0. The summed E-state index contributed by atoms with van der Waals surface area (Å²) in [6.07, 6.45) is 2.30. The minimum absolute atomic E-state index is 0.0742. The van der Waals surface area contributed by atoms with Gasteiger partial charge in [-0.2, -0.15) is 0 Å². The van der Waals surface area contributed by atoms with Crippen LogP contribution in [-0.4, -0.2) is 27.0 Å². The fraction of sp³-hybridized carbons (Fsp3) is 0.238. The average molecular weight is 409 g/mol. The minimum atomic E-state index is -1.01. The molecule has 2 aliphatic rings. The van der Waals surface area contributed by atoms with Gasteiger partial charge in [0.05, 0.1) is 0 Å². The number of halogens is 1. The van der Waals surface area contributed by atoms with E-state index in [1.165, 1.54) is 0 Å². The molecule has 1 spiro atoms. The highest BCUT2D eigenvalue weighted by Gasteiger charge is 2.54. The first-order valence-corrected chi connectivity index (χ1v) is 9.75. The van der Waals surface area contributed by atoms with Gasteiger partial charge in [0.15, 0.2) is 0 Å². The van der Waals surface area contributed by atoms with Crippen LogP contribution in [0.5, 0.6) is 0 Å². The first-order valence-electron chi connectivity index (χ1n) is 9.38. The van der Waals surface area contributed by atoms with Crippen molar-refractivity contribution in [2.75, 3.05) is 0 Å². The highest BCUT2D eigenvalue weighted by molar-refractivity contribution is 6.30. The summed E-state index contributed by atoms with van der Waals surface area (Å²) < 4.78 is 5.67.